The Kier molecular flexibility index (Phi) is 6.97. The minimum Gasteiger partial charge on any atom is -0.368 e. The number of nitrogen functional groups attached to an aromatic ring is 1. The van der Waals surface area contributed by atoms with Crippen LogP contribution in [0.1, 0.15) is 21.5 Å². The van der Waals surface area contributed by atoms with Gasteiger partial charge in [-0.3, -0.25) is 9.69 Å². The number of benzene rings is 2. The van der Waals surface area contributed by atoms with Crippen molar-refractivity contribution < 1.29 is 4.79 Å². The van der Waals surface area contributed by atoms with Gasteiger partial charge in [0, 0.05) is 55.1 Å². The van der Waals surface area contributed by atoms with Crippen molar-refractivity contribution in [3.8, 4) is 33.8 Å². The summed E-state index contributed by atoms with van der Waals surface area (Å²) in [5.74, 6) is -0.408. The largest absolute Gasteiger partial charge is 0.368 e. The summed E-state index contributed by atoms with van der Waals surface area (Å²) in [4.78, 5) is 29.3. The van der Waals surface area contributed by atoms with E-state index in [9.17, 15) is 4.79 Å². The SMILES string of the molecule is Cc1ccc(Cl)cc1-c1[nH]c(-c2nc(N)ncc2-c2ccc(CN3CCN(C)CC3)cc2)cc1C(N)=O. The summed E-state index contributed by atoms with van der Waals surface area (Å²) in [6, 6.07) is 15.7. The molecule has 0 atom stereocenters. The van der Waals surface area contributed by atoms with Gasteiger partial charge in [-0.15, -0.1) is 0 Å². The van der Waals surface area contributed by atoms with Gasteiger partial charge in [-0.25, -0.2) is 9.97 Å². The number of likely N-dealkylation sites (N-methyl/N-ethyl adjacent to an activating group) is 1. The average Bonchev–Trinajstić information content (AvgIpc) is 3.33. The summed E-state index contributed by atoms with van der Waals surface area (Å²) >= 11 is 6.26. The Morgan fingerprint density at radius 2 is 1.78 bits per heavy atom. The van der Waals surface area contributed by atoms with E-state index in [1.807, 2.05) is 25.1 Å². The first-order valence-electron chi connectivity index (χ1n) is 12.2. The number of aromatic amines is 1. The number of hydrogen-bond acceptors (Lipinski definition) is 6. The summed E-state index contributed by atoms with van der Waals surface area (Å²) in [5, 5.41) is 0.566. The number of aromatic nitrogens is 3. The number of rotatable bonds is 6. The highest BCUT2D eigenvalue weighted by atomic mass is 35.5. The number of hydrogen-bond donors (Lipinski definition) is 3. The van der Waals surface area contributed by atoms with Crippen molar-refractivity contribution in [1.29, 1.82) is 0 Å². The second-order valence-corrected chi connectivity index (χ2v) is 10.00. The molecule has 37 heavy (non-hydrogen) atoms. The number of carbonyl (C=O) groups excluding carboxylic acids is 1. The molecule has 0 saturated carbocycles. The second-order valence-electron chi connectivity index (χ2n) is 9.56. The molecule has 1 aliphatic rings. The molecule has 0 radical (unpaired) electrons. The molecule has 1 amide bonds. The Balaban J connectivity index is 1.51. The lowest BCUT2D eigenvalue weighted by Gasteiger charge is -2.32. The summed E-state index contributed by atoms with van der Waals surface area (Å²) in [7, 11) is 2.16. The zero-order valence-electron chi connectivity index (χ0n) is 21.0. The third kappa shape index (κ3) is 5.36. The molecule has 5 N–H and O–H groups in total. The molecule has 5 rings (SSSR count). The lowest BCUT2D eigenvalue weighted by Crippen LogP contribution is -2.43. The highest BCUT2D eigenvalue weighted by Crippen LogP contribution is 2.35. The molecule has 2 aromatic carbocycles. The van der Waals surface area contributed by atoms with Crippen molar-refractivity contribution in [1.82, 2.24) is 24.8 Å². The average molecular weight is 516 g/mol. The number of aryl methyl sites for hydroxylation is 1. The van der Waals surface area contributed by atoms with Crippen LogP contribution < -0.4 is 11.5 Å². The summed E-state index contributed by atoms with van der Waals surface area (Å²) < 4.78 is 0. The van der Waals surface area contributed by atoms with Crippen molar-refractivity contribution in [2.75, 3.05) is 39.0 Å². The minimum atomic E-state index is -0.547. The normalized spacial score (nSPS) is 14.7. The van der Waals surface area contributed by atoms with Crippen LogP contribution in [0.5, 0.6) is 0 Å². The Morgan fingerprint density at radius 1 is 1.05 bits per heavy atom. The van der Waals surface area contributed by atoms with Crippen molar-refractivity contribution in [2.24, 2.45) is 5.73 Å². The fraction of sp³-hybridized carbons (Fsp3) is 0.250. The van der Waals surface area contributed by atoms with Gasteiger partial charge in [0.2, 0.25) is 5.95 Å². The number of carbonyl (C=O) groups is 1. The second kappa shape index (κ2) is 10.3. The molecule has 1 aliphatic heterocycles. The van der Waals surface area contributed by atoms with Gasteiger partial charge in [-0.2, -0.15) is 0 Å². The topological polar surface area (TPSA) is 117 Å². The number of H-pyrrole nitrogens is 1. The van der Waals surface area contributed by atoms with E-state index < -0.39 is 5.91 Å². The first-order valence-corrected chi connectivity index (χ1v) is 12.6. The van der Waals surface area contributed by atoms with Crippen LogP contribution in [-0.2, 0) is 6.54 Å². The number of amides is 1. The standard InChI is InChI=1S/C28H30ClN7O/c1-17-3-8-20(29)13-21(17)25-22(27(30)37)14-24(33-25)26-23(15-32-28(31)34-26)19-6-4-18(5-7-19)16-36-11-9-35(2)10-12-36/h3-8,13-15,33H,9-12,16H2,1-2H3,(H2,30,37)(H2,31,32,34). The van der Waals surface area contributed by atoms with E-state index >= 15 is 0 Å². The lowest BCUT2D eigenvalue weighted by molar-refractivity contribution is 0.100. The van der Waals surface area contributed by atoms with E-state index in [0.717, 1.165) is 55.0 Å². The predicted octanol–water partition coefficient (Wildman–Crippen LogP) is 4.20. The molecule has 1 fully saturated rings. The molecule has 0 spiro atoms. The summed E-state index contributed by atoms with van der Waals surface area (Å²) in [5.41, 5.74) is 18.6. The summed E-state index contributed by atoms with van der Waals surface area (Å²) in [6.45, 7) is 7.18. The van der Waals surface area contributed by atoms with Crippen LogP contribution in [0.25, 0.3) is 33.8 Å². The van der Waals surface area contributed by atoms with Crippen LogP contribution in [0.15, 0.2) is 54.7 Å². The fourth-order valence-corrected chi connectivity index (χ4v) is 4.89. The Labute approximate surface area is 221 Å². The van der Waals surface area contributed by atoms with E-state index in [0.29, 0.717) is 27.7 Å². The van der Waals surface area contributed by atoms with E-state index in [1.54, 1.807) is 12.3 Å². The van der Waals surface area contributed by atoms with Gasteiger partial charge < -0.3 is 21.4 Å². The molecule has 0 unspecified atom stereocenters. The number of primary amides is 1. The van der Waals surface area contributed by atoms with Gasteiger partial charge in [0.25, 0.3) is 5.91 Å². The van der Waals surface area contributed by atoms with Gasteiger partial charge in [0.05, 0.1) is 22.6 Å². The maximum atomic E-state index is 12.4. The third-order valence-electron chi connectivity index (χ3n) is 6.88. The van der Waals surface area contributed by atoms with Crippen LogP contribution in [0, 0.1) is 6.92 Å². The van der Waals surface area contributed by atoms with Gasteiger partial charge in [-0.05, 0) is 48.9 Å². The molecule has 0 bridgehead atoms. The maximum Gasteiger partial charge on any atom is 0.250 e. The van der Waals surface area contributed by atoms with E-state index in [2.05, 4.69) is 56.1 Å². The van der Waals surface area contributed by atoms with Crippen molar-refractivity contribution >= 4 is 23.5 Å². The highest BCUT2D eigenvalue weighted by Gasteiger charge is 2.21. The Bertz CT molecular complexity index is 1440. The molecular formula is C28H30ClN7O. The smallest absolute Gasteiger partial charge is 0.250 e. The maximum absolute atomic E-state index is 12.4. The van der Waals surface area contributed by atoms with Crippen LogP contribution in [0.3, 0.4) is 0 Å². The van der Waals surface area contributed by atoms with Crippen molar-refractivity contribution in [3.05, 3.63) is 76.4 Å². The van der Waals surface area contributed by atoms with Gasteiger partial charge in [-0.1, -0.05) is 41.9 Å². The molecule has 4 aromatic rings. The van der Waals surface area contributed by atoms with E-state index in [1.165, 1.54) is 5.56 Å². The monoisotopic (exact) mass is 515 g/mol. The Hall–Kier alpha value is -3.72. The fourth-order valence-electron chi connectivity index (χ4n) is 4.72. The number of nitrogens with one attached hydrogen (secondary N) is 1. The van der Waals surface area contributed by atoms with Crippen molar-refractivity contribution in [3.63, 3.8) is 0 Å². The molecular weight excluding hydrogens is 486 g/mol. The number of nitrogens with two attached hydrogens (primary N) is 2. The molecule has 190 valence electrons. The molecule has 8 nitrogen and oxygen atoms in total. The molecule has 3 heterocycles. The van der Waals surface area contributed by atoms with E-state index in [4.69, 9.17) is 23.1 Å². The molecule has 2 aromatic heterocycles. The number of anilines is 1. The van der Waals surface area contributed by atoms with Crippen LogP contribution in [0.4, 0.5) is 5.95 Å². The van der Waals surface area contributed by atoms with Crippen LogP contribution >= 0.6 is 11.6 Å². The first-order chi connectivity index (χ1) is 17.8. The summed E-state index contributed by atoms with van der Waals surface area (Å²) in [6.07, 6.45) is 1.71. The Morgan fingerprint density at radius 3 is 2.49 bits per heavy atom. The van der Waals surface area contributed by atoms with E-state index in [-0.39, 0.29) is 5.95 Å². The van der Waals surface area contributed by atoms with Crippen LogP contribution in [0.2, 0.25) is 5.02 Å². The highest BCUT2D eigenvalue weighted by molar-refractivity contribution is 6.31. The number of piperazine rings is 1. The number of halogens is 1. The van der Waals surface area contributed by atoms with Crippen LogP contribution in [-0.4, -0.2) is 63.9 Å². The zero-order chi connectivity index (χ0) is 26.1. The van der Waals surface area contributed by atoms with Gasteiger partial charge in [0.15, 0.2) is 0 Å². The minimum absolute atomic E-state index is 0.140. The first kappa shape index (κ1) is 25.0. The van der Waals surface area contributed by atoms with Gasteiger partial charge in [0.1, 0.15) is 0 Å². The van der Waals surface area contributed by atoms with Gasteiger partial charge >= 0.3 is 0 Å². The number of nitrogens with zero attached hydrogens (tertiary/aromatic N) is 4. The quantitative estimate of drug-likeness (QED) is 0.354. The third-order valence-corrected chi connectivity index (χ3v) is 7.12. The lowest BCUT2D eigenvalue weighted by atomic mass is 10.0. The molecule has 9 heteroatoms. The van der Waals surface area contributed by atoms with Crippen molar-refractivity contribution in [2.45, 2.75) is 13.5 Å². The predicted molar refractivity (Wildman–Crippen MR) is 148 cm³/mol. The zero-order valence-corrected chi connectivity index (χ0v) is 21.7. The molecule has 0 aliphatic carbocycles. The molecule has 1 saturated heterocycles.